The lowest BCUT2D eigenvalue weighted by Gasteiger charge is -2.27. The summed E-state index contributed by atoms with van der Waals surface area (Å²) in [6.07, 6.45) is 3.06. The van der Waals surface area contributed by atoms with E-state index in [9.17, 15) is 0 Å². The average molecular weight is 382 g/mol. The van der Waals surface area contributed by atoms with E-state index in [0.717, 1.165) is 42.0 Å². The lowest BCUT2D eigenvalue weighted by atomic mass is 9.96. The molecule has 0 saturated carbocycles. The van der Waals surface area contributed by atoms with E-state index in [4.69, 9.17) is 21.7 Å². The molecule has 6 heteroatoms. The van der Waals surface area contributed by atoms with Crippen molar-refractivity contribution in [3.05, 3.63) is 65.7 Å². The molecule has 2 atom stereocenters. The molecule has 0 amide bonds. The summed E-state index contributed by atoms with van der Waals surface area (Å²) in [6, 6.07) is 18.2. The van der Waals surface area contributed by atoms with E-state index in [0.29, 0.717) is 18.1 Å². The second-order valence-corrected chi connectivity index (χ2v) is 7.14. The van der Waals surface area contributed by atoms with Crippen molar-refractivity contribution in [1.82, 2.24) is 10.7 Å². The summed E-state index contributed by atoms with van der Waals surface area (Å²) in [7, 11) is 0. The van der Waals surface area contributed by atoms with Gasteiger partial charge in [0.25, 0.3) is 0 Å². The first-order valence-electron chi connectivity index (χ1n) is 9.32. The normalized spacial score (nSPS) is 22.7. The van der Waals surface area contributed by atoms with Gasteiger partial charge in [-0.1, -0.05) is 42.5 Å². The van der Waals surface area contributed by atoms with Gasteiger partial charge in [0.15, 0.2) is 5.11 Å². The third-order valence-corrected chi connectivity index (χ3v) is 5.06. The number of benzene rings is 2. The minimum absolute atomic E-state index is 0.0601. The highest BCUT2D eigenvalue weighted by molar-refractivity contribution is 7.80. The van der Waals surface area contributed by atoms with Crippen molar-refractivity contribution in [1.29, 1.82) is 0 Å². The van der Waals surface area contributed by atoms with Crippen molar-refractivity contribution in [2.75, 3.05) is 13.2 Å². The Labute approximate surface area is 164 Å². The Hall–Kier alpha value is -2.44. The van der Waals surface area contributed by atoms with Crippen LogP contribution in [0.15, 0.2) is 59.7 Å². The minimum Gasteiger partial charge on any atom is -0.485 e. The van der Waals surface area contributed by atoms with Crippen molar-refractivity contribution in [3.63, 3.8) is 0 Å². The number of nitrogens with zero attached hydrogens (tertiary/aromatic N) is 1. The molecule has 0 aliphatic carbocycles. The van der Waals surface area contributed by atoms with E-state index in [2.05, 4.69) is 28.0 Å². The lowest BCUT2D eigenvalue weighted by molar-refractivity contribution is 0.114. The number of hydrogen-bond donors (Lipinski definition) is 2. The Balaban J connectivity index is 1.46. The van der Waals surface area contributed by atoms with Gasteiger partial charge in [0.1, 0.15) is 11.9 Å². The van der Waals surface area contributed by atoms with Crippen LogP contribution in [0.25, 0.3) is 0 Å². The predicted molar refractivity (Wildman–Crippen MR) is 110 cm³/mol. The largest absolute Gasteiger partial charge is 0.485 e. The molecule has 2 aromatic carbocycles. The van der Waals surface area contributed by atoms with Crippen LogP contribution in [0.1, 0.15) is 36.5 Å². The van der Waals surface area contributed by atoms with Crippen LogP contribution in [0.4, 0.5) is 0 Å². The molecule has 0 spiro atoms. The molecule has 2 N–H and O–H groups in total. The topological polar surface area (TPSA) is 54.9 Å². The van der Waals surface area contributed by atoms with Gasteiger partial charge in [-0.05, 0) is 42.8 Å². The summed E-state index contributed by atoms with van der Waals surface area (Å²) in [6.45, 7) is 1.55. The Morgan fingerprint density at radius 1 is 1.11 bits per heavy atom. The van der Waals surface area contributed by atoms with E-state index in [-0.39, 0.29) is 12.2 Å². The van der Waals surface area contributed by atoms with Crippen molar-refractivity contribution >= 4 is 23.0 Å². The van der Waals surface area contributed by atoms with Crippen LogP contribution in [0.2, 0.25) is 0 Å². The van der Waals surface area contributed by atoms with Crippen LogP contribution < -0.4 is 15.5 Å². The van der Waals surface area contributed by atoms with E-state index in [1.165, 1.54) is 0 Å². The number of para-hydroxylation sites is 1. The van der Waals surface area contributed by atoms with Crippen LogP contribution in [0.3, 0.4) is 0 Å². The van der Waals surface area contributed by atoms with Gasteiger partial charge in [0.05, 0.1) is 11.8 Å². The summed E-state index contributed by atoms with van der Waals surface area (Å²) in [5, 5.41) is 8.29. The maximum Gasteiger partial charge on any atom is 0.187 e. The van der Waals surface area contributed by atoms with Gasteiger partial charge >= 0.3 is 0 Å². The third-order valence-electron chi connectivity index (χ3n) is 4.82. The fourth-order valence-electron chi connectivity index (χ4n) is 3.42. The zero-order valence-corrected chi connectivity index (χ0v) is 15.9. The molecule has 4 rings (SSSR count). The smallest absolute Gasteiger partial charge is 0.187 e. The van der Waals surface area contributed by atoms with Crippen molar-refractivity contribution < 1.29 is 9.47 Å². The van der Waals surface area contributed by atoms with Gasteiger partial charge in [0.2, 0.25) is 0 Å². The number of fused-ring (bicyclic) bond motifs is 1. The van der Waals surface area contributed by atoms with Crippen LogP contribution in [-0.4, -0.2) is 30.1 Å². The van der Waals surface area contributed by atoms with E-state index < -0.39 is 0 Å². The van der Waals surface area contributed by atoms with E-state index in [1.54, 1.807) is 0 Å². The van der Waals surface area contributed by atoms with Crippen molar-refractivity contribution in [3.8, 4) is 5.75 Å². The van der Waals surface area contributed by atoms with Crippen LogP contribution in [0.5, 0.6) is 5.75 Å². The Bertz CT molecular complexity index is 819. The summed E-state index contributed by atoms with van der Waals surface area (Å²) < 4.78 is 11.8. The summed E-state index contributed by atoms with van der Waals surface area (Å²) in [5.41, 5.74) is 6.06. The summed E-state index contributed by atoms with van der Waals surface area (Å²) >= 11 is 5.36. The molecule has 2 heterocycles. The highest BCUT2D eigenvalue weighted by Crippen LogP contribution is 2.34. The van der Waals surface area contributed by atoms with Gasteiger partial charge in [-0.25, -0.2) is 0 Å². The molecular formula is C21H23N3O2S. The highest BCUT2D eigenvalue weighted by Gasteiger charge is 2.26. The second-order valence-electron chi connectivity index (χ2n) is 6.73. The maximum atomic E-state index is 6.20. The monoisotopic (exact) mass is 381 g/mol. The molecule has 0 radical (unpaired) electrons. The van der Waals surface area contributed by atoms with Crippen LogP contribution in [-0.2, 0) is 4.74 Å². The molecule has 27 heavy (non-hydrogen) atoms. The van der Waals surface area contributed by atoms with Crippen molar-refractivity contribution in [2.24, 2.45) is 5.10 Å². The van der Waals surface area contributed by atoms with E-state index >= 15 is 0 Å². The van der Waals surface area contributed by atoms with Gasteiger partial charge in [0, 0.05) is 25.1 Å². The van der Waals surface area contributed by atoms with Crippen molar-refractivity contribution in [2.45, 2.75) is 31.5 Å². The molecule has 0 unspecified atom stereocenters. The number of hydrazone groups is 1. The Morgan fingerprint density at radius 3 is 2.74 bits per heavy atom. The molecule has 1 saturated heterocycles. The molecule has 5 nitrogen and oxygen atoms in total. The molecule has 1 fully saturated rings. The van der Waals surface area contributed by atoms with Gasteiger partial charge in [-0.3, -0.25) is 5.43 Å². The fourth-order valence-corrected chi connectivity index (χ4v) is 3.55. The SMILES string of the molecule is S=C(NC[C@H]1CCCO1)NN=C1C[C@@H](c2ccccc2)Oc2ccccc21. The number of thiocarbonyl (C=S) groups is 1. The fraction of sp³-hybridized carbons (Fsp3) is 0.333. The highest BCUT2D eigenvalue weighted by atomic mass is 32.1. The molecule has 0 aromatic heterocycles. The third kappa shape index (κ3) is 4.46. The number of rotatable bonds is 4. The summed E-state index contributed by atoms with van der Waals surface area (Å²) in [5.74, 6) is 0.844. The van der Waals surface area contributed by atoms with Gasteiger partial charge in [-0.2, -0.15) is 5.10 Å². The molecule has 2 aliphatic rings. The van der Waals surface area contributed by atoms with Gasteiger partial charge < -0.3 is 14.8 Å². The standard InChI is InChI=1S/C21H23N3O2S/c27-21(22-14-16-9-6-12-25-16)24-23-18-13-20(15-7-2-1-3-8-15)26-19-11-5-4-10-17(18)19/h1-5,7-8,10-11,16,20H,6,9,12-14H2,(H2,22,24,27)/t16-,20+/m1/s1. The summed E-state index contributed by atoms with van der Waals surface area (Å²) in [4.78, 5) is 0. The molecule has 0 bridgehead atoms. The Kier molecular flexibility index (Phi) is 5.65. The molecule has 2 aliphatic heterocycles. The maximum absolute atomic E-state index is 6.20. The zero-order chi connectivity index (χ0) is 18.5. The number of hydrogen-bond acceptors (Lipinski definition) is 4. The molecule has 140 valence electrons. The van der Waals surface area contributed by atoms with E-state index in [1.807, 2.05) is 42.5 Å². The van der Waals surface area contributed by atoms with Crippen LogP contribution in [0, 0.1) is 0 Å². The number of nitrogens with one attached hydrogen (secondary N) is 2. The molecule has 2 aromatic rings. The van der Waals surface area contributed by atoms with Crippen LogP contribution >= 0.6 is 12.2 Å². The second kappa shape index (κ2) is 8.50. The first-order chi connectivity index (χ1) is 13.3. The first-order valence-corrected chi connectivity index (χ1v) is 9.73. The Morgan fingerprint density at radius 2 is 1.93 bits per heavy atom. The zero-order valence-electron chi connectivity index (χ0n) is 15.1. The quantitative estimate of drug-likeness (QED) is 0.627. The average Bonchev–Trinajstić information content (AvgIpc) is 3.24. The van der Waals surface area contributed by atoms with Gasteiger partial charge in [-0.15, -0.1) is 0 Å². The first kappa shape index (κ1) is 17.9. The molecular weight excluding hydrogens is 358 g/mol. The lowest BCUT2D eigenvalue weighted by Crippen LogP contribution is -2.38. The predicted octanol–water partition coefficient (Wildman–Crippen LogP) is 3.56. The minimum atomic E-state index is -0.0601. The number of ether oxygens (including phenoxy) is 2.